The van der Waals surface area contributed by atoms with E-state index in [9.17, 15) is 0 Å². The summed E-state index contributed by atoms with van der Waals surface area (Å²) >= 11 is 0. The van der Waals surface area contributed by atoms with Gasteiger partial charge in [-0.3, -0.25) is 19.9 Å². The van der Waals surface area contributed by atoms with Crippen LogP contribution in [-0.4, -0.2) is 30.6 Å². The van der Waals surface area contributed by atoms with E-state index in [1.54, 1.807) is 0 Å². The van der Waals surface area contributed by atoms with Crippen molar-refractivity contribution < 1.29 is 0 Å². The van der Waals surface area contributed by atoms with Gasteiger partial charge in [0.15, 0.2) is 5.82 Å². The lowest BCUT2D eigenvalue weighted by molar-refractivity contribution is 0.855. The minimum atomic E-state index is 0.283. The lowest BCUT2D eigenvalue weighted by atomic mass is 9.84. The van der Waals surface area contributed by atoms with Crippen LogP contribution in [0.15, 0.2) is 175 Å². The molecule has 6 heteroatoms. The van der Waals surface area contributed by atoms with Crippen LogP contribution in [0.4, 0.5) is 0 Å². The van der Waals surface area contributed by atoms with E-state index in [2.05, 4.69) is 151 Å². The zero-order valence-electron chi connectivity index (χ0n) is 30.2. The molecular formula is C50H32N6. The van der Waals surface area contributed by atoms with Crippen LogP contribution in [0.5, 0.6) is 0 Å². The Labute approximate surface area is 323 Å². The maximum absolute atomic E-state index is 5.22. The van der Waals surface area contributed by atoms with Crippen molar-refractivity contribution in [3.8, 4) is 56.2 Å². The van der Waals surface area contributed by atoms with Crippen molar-refractivity contribution in [1.82, 2.24) is 24.9 Å². The smallest absolute Gasteiger partial charge is 0.160 e. The van der Waals surface area contributed by atoms with Crippen LogP contribution >= 0.6 is 0 Å². The third-order valence-electron chi connectivity index (χ3n) is 11.0. The molecule has 1 aliphatic carbocycles. The molecular weight excluding hydrogens is 685 g/mol. The summed E-state index contributed by atoms with van der Waals surface area (Å²) in [6, 6.07) is 46.6. The fraction of sp³-hybridized carbons (Fsp3) is 0.0400. The van der Waals surface area contributed by atoms with Gasteiger partial charge in [-0.05, 0) is 63.7 Å². The molecule has 6 nitrogen and oxygen atoms in total. The molecule has 0 fully saturated rings. The van der Waals surface area contributed by atoms with Crippen LogP contribution in [0.2, 0.25) is 0 Å². The Balaban J connectivity index is 1.00. The van der Waals surface area contributed by atoms with E-state index in [1.165, 1.54) is 5.39 Å². The molecule has 9 aromatic rings. The molecule has 0 spiro atoms. The molecule has 0 N–H and O–H groups in total. The summed E-state index contributed by atoms with van der Waals surface area (Å²) in [4.78, 5) is 29.3. The second kappa shape index (κ2) is 13.1. The Hall–Kier alpha value is -7.44. The van der Waals surface area contributed by atoms with Crippen LogP contribution in [-0.2, 0) is 0 Å². The van der Waals surface area contributed by atoms with Crippen molar-refractivity contribution in [2.75, 3.05) is 0 Å². The molecule has 0 bridgehead atoms. The summed E-state index contributed by atoms with van der Waals surface area (Å²) < 4.78 is 0. The van der Waals surface area contributed by atoms with Gasteiger partial charge in [0.2, 0.25) is 0 Å². The zero-order chi connectivity index (χ0) is 37.0. The average Bonchev–Trinajstić information content (AvgIpc) is 3.28. The molecule has 2 aliphatic rings. The first kappa shape index (κ1) is 32.0. The predicted octanol–water partition coefficient (Wildman–Crippen LogP) is 11.8. The highest BCUT2D eigenvalue weighted by atomic mass is 14.9. The molecule has 5 aromatic carbocycles. The van der Waals surface area contributed by atoms with Gasteiger partial charge in [0, 0.05) is 63.7 Å². The molecule has 1 atom stereocenters. The SMILES string of the molecule is C1=CN=C2c3nccc(-c4ccc(-c5cc(-c6cccc7ccccc67)nc(-c6ccc(-c7ccnc8c7ccc7cccnc78)cc6)n5)cc4)c3C=CC2C1. The van der Waals surface area contributed by atoms with Gasteiger partial charge >= 0.3 is 0 Å². The Morgan fingerprint density at radius 1 is 0.500 bits per heavy atom. The Bertz CT molecular complexity index is 3100. The van der Waals surface area contributed by atoms with E-state index in [1.807, 2.05) is 30.9 Å². The van der Waals surface area contributed by atoms with E-state index >= 15 is 0 Å². The monoisotopic (exact) mass is 716 g/mol. The Morgan fingerprint density at radius 2 is 1.23 bits per heavy atom. The largest absolute Gasteiger partial charge is 0.259 e. The van der Waals surface area contributed by atoms with Gasteiger partial charge < -0.3 is 0 Å². The van der Waals surface area contributed by atoms with E-state index in [0.717, 1.165) is 101 Å². The van der Waals surface area contributed by atoms with Crippen molar-refractivity contribution >= 4 is 44.4 Å². The normalized spacial score (nSPS) is 14.5. The lowest BCUT2D eigenvalue weighted by Gasteiger charge is -2.23. The molecule has 0 saturated heterocycles. The molecule has 1 aliphatic heterocycles. The fourth-order valence-electron chi connectivity index (χ4n) is 8.20. The Kier molecular flexibility index (Phi) is 7.52. The number of aromatic nitrogens is 5. The summed E-state index contributed by atoms with van der Waals surface area (Å²) in [6.45, 7) is 0. The second-order valence-corrected chi connectivity index (χ2v) is 14.3. The third kappa shape index (κ3) is 5.42. The van der Waals surface area contributed by atoms with Gasteiger partial charge in [0.1, 0.15) is 0 Å². The number of pyridine rings is 3. The summed E-state index contributed by atoms with van der Waals surface area (Å²) in [5.41, 5.74) is 14.1. The number of hydrogen-bond acceptors (Lipinski definition) is 6. The molecule has 5 heterocycles. The van der Waals surface area contributed by atoms with Crippen molar-refractivity contribution in [3.05, 3.63) is 182 Å². The molecule has 56 heavy (non-hydrogen) atoms. The van der Waals surface area contributed by atoms with Crippen molar-refractivity contribution in [2.45, 2.75) is 6.42 Å². The van der Waals surface area contributed by atoms with Crippen LogP contribution < -0.4 is 0 Å². The zero-order valence-corrected chi connectivity index (χ0v) is 30.2. The van der Waals surface area contributed by atoms with Crippen molar-refractivity contribution in [1.29, 1.82) is 0 Å². The maximum Gasteiger partial charge on any atom is 0.160 e. The highest BCUT2D eigenvalue weighted by molar-refractivity contribution is 6.10. The molecule has 0 radical (unpaired) electrons. The molecule has 0 amide bonds. The van der Waals surface area contributed by atoms with Crippen LogP contribution in [0, 0.1) is 5.92 Å². The quantitative estimate of drug-likeness (QED) is 0.166. The number of hydrogen-bond donors (Lipinski definition) is 0. The Morgan fingerprint density at radius 3 is 2.14 bits per heavy atom. The topological polar surface area (TPSA) is 76.8 Å². The van der Waals surface area contributed by atoms with Gasteiger partial charge in [0.25, 0.3) is 0 Å². The number of allylic oxidation sites excluding steroid dienone is 2. The standard InChI is InChI=1S/C50H32N6/c1-2-10-38-31(6-1)7-3-11-41(38)45-30-44(34-16-12-32(13-17-34)39-24-28-53-48-42(39)22-20-35-8-4-26-51-46(35)48)55-50(56-45)37-18-14-33(15-19-37)40-25-29-54-49-43(40)23-21-36-9-5-27-52-47(36)49/h1-7,9-30,35H,8H2. The molecule has 4 aromatic heterocycles. The molecule has 262 valence electrons. The maximum atomic E-state index is 5.22. The first-order chi connectivity index (χ1) is 27.7. The summed E-state index contributed by atoms with van der Waals surface area (Å²) in [7, 11) is 0. The number of aliphatic imine (C=N–C) groups is 1. The number of nitrogens with zero attached hydrogens (tertiary/aromatic N) is 6. The predicted molar refractivity (Wildman–Crippen MR) is 228 cm³/mol. The van der Waals surface area contributed by atoms with Gasteiger partial charge in [0.05, 0.1) is 33.8 Å². The fourth-order valence-corrected chi connectivity index (χ4v) is 8.20. The number of benzene rings is 5. The van der Waals surface area contributed by atoms with E-state index in [4.69, 9.17) is 24.9 Å². The summed E-state index contributed by atoms with van der Waals surface area (Å²) in [5, 5.41) is 4.47. The van der Waals surface area contributed by atoms with Gasteiger partial charge in [-0.1, -0.05) is 127 Å². The number of fused-ring (bicyclic) bond motifs is 7. The second-order valence-electron chi connectivity index (χ2n) is 14.3. The number of rotatable bonds is 5. The third-order valence-corrected chi connectivity index (χ3v) is 11.0. The lowest BCUT2D eigenvalue weighted by Crippen LogP contribution is -2.21. The molecule has 11 rings (SSSR count). The molecule has 1 unspecified atom stereocenters. The van der Waals surface area contributed by atoms with Crippen LogP contribution in [0.1, 0.15) is 17.7 Å². The highest BCUT2D eigenvalue weighted by Crippen LogP contribution is 2.37. The average molecular weight is 717 g/mol. The van der Waals surface area contributed by atoms with Gasteiger partial charge in [-0.2, -0.15) is 0 Å². The van der Waals surface area contributed by atoms with E-state index in [0.29, 0.717) is 5.82 Å². The van der Waals surface area contributed by atoms with Crippen molar-refractivity contribution in [2.24, 2.45) is 10.9 Å². The molecule has 0 saturated carbocycles. The van der Waals surface area contributed by atoms with Gasteiger partial charge in [-0.25, -0.2) is 9.97 Å². The van der Waals surface area contributed by atoms with Crippen molar-refractivity contribution in [3.63, 3.8) is 0 Å². The summed E-state index contributed by atoms with van der Waals surface area (Å²) in [6.07, 6.45) is 15.0. The van der Waals surface area contributed by atoms with Crippen LogP contribution in [0.25, 0.3) is 94.8 Å². The van der Waals surface area contributed by atoms with E-state index in [-0.39, 0.29) is 5.92 Å². The minimum absolute atomic E-state index is 0.283. The van der Waals surface area contributed by atoms with Gasteiger partial charge in [-0.15, -0.1) is 0 Å². The first-order valence-corrected chi connectivity index (χ1v) is 18.9. The van der Waals surface area contributed by atoms with Crippen LogP contribution in [0.3, 0.4) is 0 Å². The first-order valence-electron chi connectivity index (χ1n) is 18.9. The summed E-state index contributed by atoms with van der Waals surface area (Å²) in [5.74, 6) is 0.951. The highest BCUT2D eigenvalue weighted by Gasteiger charge is 2.25. The van der Waals surface area contributed by atoms with E-state index < -0.39 is 0 Å². The minimum Gasteiger partial charge on any atom is -0.259 e.